The molecule has 0 fully saturated rings. The summed E-state index contributed by atoms with van der Waals surface area (Å²) in [5.41, 5.74) is 1.11. The lowest BCUT2D eigenvalue weighted by Crippen LogP contribution is -2.22. The number of hydrogen-bond acceptors (Lipinski definition) is 5. The summed E-state index contributed by atoms with van der Waals surface area (Å²) in [6.45, 7) is 11.9. The first-order chi connectivity index (χ1) is 11.8. The first-order valence-corrected chi connectivity index (χ1v) is 8.66. The van der Waals surface area contributed by atoms with Crippen molar-refractivity contribution in [1.82, 2.24) is 15.0 Å². The number of aliphatic hydroxyl groups is 1. The second-order valence-electron chi connectivity index (χ2n) is 7.01. The average Bonchev–Trinajstić information content (AvgIpc) is 3.01. The van der Waals surface area contributed by atoms with Gasteiger partial charge >= 0.3 is 0 Å². The fourth-order valence-corrected chi connectivity index (χ4v) is 2.21. The molecule has 0 atom stereocenters. The second-order valence-corrected chi connectivity index (χ2v) is 7.01. The van der Waals surface area contributed by atoms with Crippen LogP contribution in [0.5, 0.6) is 0 Å². The second kappa shape index (κ2) is 8.28. The molecule has 2 rings (SSSR count). The number of benzene rings is 1. The van der Waals surface area contributed by atoms with Crippen LogP contribution in [0.15, 0.2) is 28.8 Å². The molecular weight excluding hydrogens is 314 g/mol. The number of hydrogen-bond donors (Lipinski definition) is 1. The summed E-state index contributed by atoms with van der Waals surface area (Å²) in [4.78, 5) is 6.68. The molecule has 1 aromatic heterocycles. The van der Waals surface area contributed by atoms with Crippen molar-refractivity contribution in [2.24, 2.45) is 0 Å². The van der Waals surface area contributed by atoms with Crippen LogP contribution < -0.4 is 0 Å². The Bertz CT molecular complexity index is 731. The Hall–Kier alpha value is -2.16. The molecule has 0 aliphatic rings. The predicted octanol–water partition coefficient (Wildman–Crippen LogP) is 3.34. The van der Waals surface area contributed by atoms with Crippen molar-refractivity contribution >= 4 is 0 Å². The summed E-state index contributed by atoms with van der Waals surface area (Å²) >= 11 is 0. The molecule has 0 unspecified atom stereocenters. The van der Waals surface area contributed by atoms with E-state index in [1.54, 1.807) is 13.8 Å². The minimum atomic E-state index is -0.976. The molecule has 5 nitrogen and oxygen atoms in total. The highest BCUT2D eigenvalue weighted by Gasteiger charge is 2.13. The van der Waals surface area contributed by atoms with Gasteiger partial charge < -0.3 is 9.63 Å². The van der Waals surface area contributed by atoms with Crippen molar-refractivity contribution < 1.29 is 9.63 Å². The van der Waals surface area contributed by atoms with Gasteiger partial charge in [0.1, 0.15) is 5.60 Å². The highest BCUT2D eigenvalue weighted by atomic mass is 16.5. The minimum Gasteiger partial charge on any atom is -0.378 e. The van der Waals surface area contributed by atoms with Crippen molar-refractivity contribution in [3.05, 3.63) is 47.1 Å². The largest absolute Gasteiger partial charge is 0.378 e. The maximum atomic E-state index is 9.66. The smallest absolute Gasteiger partial charge is 0.240 e. The molecule has 0 amide bonds. The van der Waals surface area contributed by atoms with Gasteiger partial charge in [-0.2, -0.15) is 4.98 Å². The van der Waals surface area contributed by atoms with Gasteiger partial charge in [-0.25, -0.2) is 0 Å². The lowest BCUT2D eigenvalue weighted by atomic mass is 10.1. The Morgan fingerprint density at radius 1 is 1.20 bits per heavy atom. The molecule has 25 heavy (non-hydrogen) atoms. The monoisotopic (exact) mass is 341 g/mol. The molecular formula is C20H27N3O2. The molecule has 1 heterocycles. The SMILES string of the molecule is CCN(Cc1ccc(C#CC(C)(C)O)cc1)Cc1nc(C(C)C)no1. The molecule has 0 aliphatic heterocycles. The van der Waals surface area contributed by atoms with Crippen molar-refractivity contribution in [3.8, 4) is 11.8 Å². The molecule has 0 spiro atoms. The summed E-state index contributed by atoms with van der Waals surface area (Å²) < 4.78 is 5.33. The fraction of sp³-hybridized carbons (Fsp3) is 0.500. The fourth-order valence-electron chi connectivity index (χ4n) is 2.21. The highest BCUT2D eigenvalue weighted by Crippen LogP contribution is 2.13. The Balaban J connectivity index is 1.99. The third kappa shape index (κ3) is 6.33. The Morgan fingerprint density at radius 3 is 2.40 bits per heavy atom. The third-order valence-corrected chi connectivity index (χ3v) is 3.68. The van der Waals surface area contributed by atoms with Gasteiger partial charge in [0.2, 0.25) is 5.89 Å². The molecule has 2 aromatic rings. The normalized spacial score (nSPS) is 11.7. The van der Waals surface area contributed by atoms with Crippen LogP contribution >= 0.6 is 0 Å². The van der Waals surface area contributed by atoms with E-state index in [0.717, 1.165) is 24.5 Å². The zero-order valence-electron chi connectivity index (χ0n) is 15.7. The van der Waals surface area contributed by atoms with E-state index in [1.165, 1.54) is 5.56 Å². The first kappa shape index (κ1) is 19.2. The highest BCUT2D eigenvalue weighted by molar-refractivity contribution is 5.37. The van der Waals surface area contributed by atoms with Crippen LogP contribution in [0.25, 0.3) is 0 Å². The molecule has 0 bridgehead atoms. The van der Waals surface area contributed by atoms with Gasteiger partial charge in [-0.1, -0.05) is 49.9 Å². The topological polar surface area (TPSA) is 62.4 Å². The van der Waals surface area contributed by atoms with Gasteiger partial charge in [-0.15, -0.1) is 0 Å². The minimum absolute atomic E-state index is 0.269. The summed E-state index contributed by atoms with van der Waals surface area (Å²) in [5.74, 6) is 7.48. The lowest BCUT2D eigenvalue weighted by molar-refractivity contribution is 0.143. The van der Waals surface area contributed by atoms with E-state index in [9.17, 15) is 5.11 Å². The van der Waals surface area contributed by atoms with Gasteiger partial charge in [-0.05, 0) is 38.1 Å². The van der Waals surface area contributed by atoms with Crippen LogP contribution in [0.4, 0.5) is 0 Å². The predicted molar refractivity (Wildman–Crippen MR) is 97.8 cm³/mol. The van der Waals surface area contributed by atoms with Crippen molar-refractivity contribution in [3.63, 3.8) is 0 Å². The van der Waals surface area contributed by atoms with Crippen LogP contribution in [0.2, 0.25) is 0 Å². The summed E-state index contributed by atoms with van der Waals surface area (Å²) in [6.07, 6.45) is 0. The Labute approximate surface area is 150 Å². The van der Waals surface area contributed by atoms with Crippen LogP contribution in [-0.4, -0.2) is 32.3 Å². The summed E-state index contributed by atoms with van der Waals surface area (Å²) in [5, 5.41) is 13.7. The van der Waals surface area contributed by atoms with Crippen LogP contribution in [0, 0.1) is 11.8 Å². The van der Waals surface area contributed by atoms with E-state index >= 15 is 0 Å². The quantitative estimate of drug-likeness (QED) is 0.817. The maximum Gasteiger partial charge on any atom is 0.240 e. The Morgan fingerprint density at radius 2 is 1.88 bits per heavy atom. The number of nitrogens with zero attached hydrogens (tertiary/aromatic N) is 3. The standard InChI is InChI=1S/C20H27N3O2/c1-6-23(14-18-21-19(15(2)3)22-25-18)13-17-9-7-16(8-10-17)11-12-20(4,5)24/h7-10,15,24H,6,13-14H2,1-5H3. The molecule has 1 N–H and O–H groups in total. The van der Waals surface area contributed by atoms with Gasteiger partial charge in [0.05, 0.1) is 6.54 Å². The van der Waals surface area contributed by atoms with Gasteiger partial charge in [0.15, 0.2) is 5.82 Å². The molecule has 0 saturated heterocycles. The number of rotatable bonds is 6. The van der Waals surface area contributed by atoms with Crippen LogP contribution in [-0.2, 0) is 13.1 Å². The van der Waals surface area contributed by atoms with Crippen molar-refractivity contribution in [1.29, 1.82) is 0 Å². The Kier molecular flexibility index (Phi) is 6.35. The van der Waals surface area contributed by atoms with Gasteiger partial charge in [0.25, 0.3) is 0 Å². The molecule has 1 aromatic carbocycles. The van der Waals surface area contributed by atoms with Crippen LogP contribution in [0.1, 0.15) is 63.4 Å². The van der Waals surface area contributed by atoms with Crippen molar-refractivity contribution in [2.75, 3.05) is 6.54 Å². The number of aromatic nitrogens is 2. The van der Waals surface area contributed by atoms with E-state index in [4.69, 9.17) is 4.52 Å². The van der Waals surface area contributed by atoms with Gasteiger partial charge in [0, 0.05) is 18.0 Å². The molecule has 5 heteroatoms. The van der Waals surface area contributed by atoms with E-state index in [0.29, 0.717) is 12.4 Å². The van der Waals surface area contributed by atoms with E-state index in [1.807, 2.05) is 12.1 Å². The third-order valence-electron chi connectivity index (χ3n) is 3.68. The zero-order valence-corrected chi connectivity index (χ0v) is 15.7. The van der Waals surface area contributed by atoms with Gasteiger partial charge in [-0.3, -0.25) is 4.90 Å². The van der Waals surface area contributed by atoms with E-state index in [-0.39, 0.29) is 5.92 Å². The molecule has 0 saturated carbocycles. The van der Waals surface area contributed by atoms with Crippen molar-refractivity contribution in [2.45, 2.75) is 59.2 Å². The molecule has 0 radical (unpaired) electrons. The van der Waals surface area contributed by atoms with E-state index in [2.05, 4.69) is 59.8 Å². The maximum absolute atomic E-state index is 9.66. The first-order valence-electron chi connectivity index (χ1n) is 8.66. The lowest BCUT2D eigenvalue weighted by Gasteiger charge is -2.18. The zero-order chi connectivity index (χ0) is 18.4. The summed E-state index contributed by atoms with van der Waals surface area (Å²) in [7, 11) is 0. The molecule has 0 aliphatic carbocycles. The average molecular weight is 341 g/mol. The molecule has 134 valence electrons. The summed E-state index contributed by atoms with van der Waals surface area (Å²) in [6, 6.07) is 8.08. The van der Waals surface area contributed by atoms with Crippen LogP contribution in [0.3, 0.4) is 0 Å². The van der Waals surface area contributed by atoms with E-state index < -0.39 is 5.60 Å².